The molecule has 200 valence electrons. The predicted molar refractivity (Wildman–Crippen MR) is 152 cm³/mol. The summed E-state index contributed by atoms with van der Waals surface area (Å²) in [6, 6.07) is 31.9. The van der Waals surface area contributed by atoms with Gasteiger partial charge in [0.05, 0.1) is 36.9 Å². The SMILES string of the molecule is COc1cc(-c2nc3ccccc3n2C2(C)COC2)c(C#N)c(OCc2ccccc2)c1OCc1ccccc1. The second kappa shape index (κ2) is 10.8. The molecule has 0 radical (unpaired) electrons. The van der Waals surface area contributed by atoms with Gasteiger partial charge in [-0.05, 0) is 36.2 Å². The molecule has 7 heteroatoms. The summed E-state index contributed by atoms with van der Waals surface area (Å²) >= 11 is 0. The van der Waals surface area contributed by atoms with E-state index in [0.29, 0.717) is 47.4 Å². The first-order chi connectivity index (χ1) is 19.6. The number of imidazole rings is 1. The molecule has 0 aliphatic carbocycles. The molecule has 2 heterocycles. The van der Waals surface area contributed by atoms with Crippen LogP contribution in [0.15, 0.2) is 91.0 Å². The Labute approximate surface area is 233 Å². The van der Waals surface area contributed by atoms with Crippen molar-refractivity contribution in [1.29, 1.82) is 5.26 Å². The highest BCUT2D eigenvalue weighted by molar-refractivity contribution is 5.85. The molecule has 0 spiro atoms. The number of hydrogen-bond donors (Lipinski definition) is 0. The quantitative estimate of drug-likeness (QED) is 0.216. The van der Waals surface area contributed by atoms with E-state index in [4.69, 9.17) is 23.9 Å². The number of para-hydroxylation sites is 2. The minimum Gasteiger partial charge on any atom is -0.493 e. The van der Waals surface area contributed by atoms with Crippen molar-refractivity contribution in [1.82, 2.24) is 9.55 Å². The molecule has 7 nitrogen and oxygen atoms in total. The molecule has 40 heavy (non-hydrogen) atoms. The second-order valence-electron chi connectivity index (χ2n) is 10.1. The van der Waals surface area contributed by atoms with Crippen LogP contribution >= 0.6 is 0 Å². The van der Waals surface area contributed by atoms with Crippen LogP contribution < -0.4 is 14.2 Å². The fraction of sp³-hybridized carbons (Fsp3) is 0.212. The van der Waals surface area contributed by atoms with E-state index in [2.05, 4.69) is 17.6 Å². The minimum absolute atomic E-state index is 0.256. The molecule has 4 aromatic carbocycles. The summed E-state index contributed by atoms with van der Waals surface area (Å²) in [6.07, 6.45) is 0. The molecule has 0 bridgehead atoms. The van der Waals surface area contributed by atoms with Gasteiger partial charge < -0.3 is 23.5 Å². The van der Waals surface area contributed by atoms with Crippen molar-refractivity contribution >= 4 is 11.0 Å². The number of benzene rings is 4. The van der Waals surface area contributed by atoms with Crippen LogP contribution in [0, 0.1) is 11.3 Å². The Bertz CT molecular complexity index is 1690. The Morgan fingerprint density at radius 2 is 1.48 bits per heavy atom. The maximum Gasteiger partial charge on any atom is 0.205 e. The molecule has 1 aromatic heterocycles. The van der Waals surface area contributed by atoms with Gasteiger partial charge in [0, 0.05) is 5.56 Å². The summed E-state index contributed by atoms with van der Waals surface area (Å²) in [5, 5.41) is 10.6. The van der Waals surface area contributed by atoms with Crippen molar-refractivity contribution in [3.8, 4) is 34.7 Å². The first-order valence-electron chi connectivity index (χ1n) is 13.2. The highest BCUT2D eigenvalue weighted by Gasteiger charge is 2.39. The summed E-state index contributed by atoms with van der Waals surface area (Å²) in [6.45, 7) is 3.79. The van der Waals surface area contributed by atoms with Crippen molar-refractivity contribution in [2.45, 2.75) is 25.7 Å². The van der Waals surface area contributed by atoms with Gasteiger partial charge in [0.25, 0.3) is 0 Å². The number of ether oxygens (including phenoxy) is 4. The van der Waals surface area contributed by atoms with Gasteiger partial charge in [0.1, 0.15) is 30.7 Å². The van der Waals surface area contributed by atoms with Gasteiger partial charge in [0.15, 0.2) is 11.5 Å². The maximum absolute atomic E-state index is 10.6. The smallest absolute Gasteiger partial charge is 0.205 e. The average Bonchev–Trinajstić information content (AvgIpc) is 3.38. The molecular weight excluding hydrogens is 502 g/mol. The number of nitriles is 1. The summed E-state index contributed by atoms with van der Waals surface area (Å²) < 4.78 is 26.3. The lowest BCUT2D eigenvalue weighted by Crippen LogP contribution is -2.49. The molecule has 0 unspecified atom stereocenters. The monoisotopic (exact) mass is 531 g/mol. The van der Waals surface area contributed by atoms with Crippen molar-refractivity contribution in [3.63, 3.8) is 0 Å². The van der Waals surface area contributed by atoms with E-state index < -0.39 is 0 Å². The number of aromatic nitrogens is 2. The Kier molecular flexibility index (Phi) is 6.85. The molecule has 0 saturated carbocycles. The molecule has 0 amide bonds. The van der Waals surface area contributed by atoms with Crippen LogP contribution in [-0.2, 0) is 23.5 Å². The van der Waals surface area contributed by atoms with Gasteiger partial charge in [-0.3, -0.25) is 0 Å². The van der Waals surface area contributed by atoms with E-state index in [-0.39, 0.29) is 18.8 Å². The van der Waals surface area contributed by atoms with E-state index in [1.54, 1.807) is 7.11 Å². The predicted octanol–water partition coefficient (Wildman–Crippen LogP) is 6.49. The van der Waals surface area contributed by atoms with Crippen LogP contribution in [0.4, 0.5) is 0 Å². The zero-order chi connectivity index (χ0) is 27.5. The molecular formula is C33H29N3O4. The van der Waals surface area contributed by atoms with Crippen LogP contribution in [0.25, 0.3) is 22.4 Å². The van der Waals surface area contributed by atoms with Crippen molar-refractivity contribution < 1.29 is 18.9 Å². The number of hydrogen-bond acceptors (Lipinski definition) is 6. The van der Waals surface area contributed by atoms with Gasteiger partial charge in [-0.25, -0.2) is 4.98 Å². The zero-order valence-electron chi connectivity index (χ0n) is 22.5. The normalized spacial score (nSPS) is 13.8. The third kappa shape index (κ3) is 4.63. The average molecular weight is 532 g/mol. The number of fused-ring (bicyclic) bond motifs is 1. The largest absolute Gasteiger partial charge is 0.493 e. The Hall–Kier alpha value is -4.80. The van der Waals surface area contributed by atoms with Gasteiger partial charge in [-0.15, -0.1) is 0 Å². The molecule has 1 aliphatic rings. The van der Waals surface area contributed by atoms with Gasteiger partial charge in [-0.2, -0.15) is 5.26 Å². The lowest BCUT2D eigenvalue weighted by Gasteiger charge is -2.41. The molecule has 6 rings (SSSR count). The molecule has 1 saturated heterocycles. The third-order valence-corrected chi connectivity index (χ3v) is 7.15. The Morgan fingerprint density at radius 1 is 0.875 bits per heavy atom. The summed E-state index contributed by atoms with van der Waals surface area (Å²) in [5.74, 6) is 1.82. The molecule has 0 atom stereocenters. The lowest BCUT2D eigenvalue weighted by molar-refractivity contribution is -0.0868. The standard InChI is InChI=1S/C33H29N3O4/c1-33(21-38-22-33)36-28-16-10-9-15-27(28)35-32(36)25-17-29(37-2)31(40-20-24-13-7-4-8-14-24)30(26(25)18-34)39-19-23-11-5-3-6-12-23/h3-17H,19-22H2,1-2H3. The molecule has 5 aromatic rings. The fourth-order valence-electron chi connectivity index (χ4n) is 5.07. The van der Waals surface area contributed by atoms with E-state index >= 15 is 0 Å². The van der Waals surface area contributed by atoms with Gasteiger partial charge in [0.2, 0.25) is 5.75 Å². The van der Waals surface area contributed by atoms with Crippen LogP contribution in [0.2, 0.25) is 0 Å². The number of methoxy groups -OCH3 is 1. The van der Waals surface area contributed by atoms with E-state index in [1.807, 2.05) is 91.0 Å². The Balaban J connectivity index is 1.53. The summed E-state index contributed by atoms with van der Waals surface area (Å²) in [5.41, 5.74) is 4.40. The van der Waals surface area contributed by atoms with Crippen LogP contribution in [0.3, 0.4) is 0 Å². The highest BCUT2D eigenvalue weighted by Crippen LogP contribution is 2.47. The summed E-state index contributed by atoms with van der Waals surface area (Å²) in [7, 11) is 1.59. The first-order valence-corrected chi connectivity index (χ1v) is 13.2. The van der Waals surface area contributed by atoms with Crippen LogP contribution in [0.5, 0.6) is 17.2 Å². The lowest BCUT2D eigenvalue weighted by atomic mass is 9.97. The highest BCUT2D eigenvalue weighted by atomic mass is 16.5. The van der Waals surface area contributed by atoms with Gasteiger partial charge >= 0.3 is 0 Å². The van der Waals surface area contributed by atoms with Crippen molar-refractivity contribution in [2.24, 2.45) is 0 Å². The van der Waals surface area contributed by atoms with E-state index in [1.165, 1.54) is 0 Å². The zero-order valence-corrected chi connectivity index (χ0v) is 22.5. The maximum atomic E-state index is 10.6. The Morgan fingerprint density at radius 3 is 2.05 bits per heavy atom. The van der Waals surface area contributed by atoms with Crippen LogP contribution in [0.1, 0.15) is 23.6 Å². The topological polar surface area (TPSA) is 78.5 Å². The van der Waals surface area contributed by atoms with Crippen molar-refractivity contribution in [2.75, 3.05) is 20.3 Å². The third-order valence-electron chi connectivity index (χ3n) is 7.15. The number of rotatable bonds is 9. The van der Waals surface area contributed by atoms with Crippen LogP contribution in [-0.4, -0.2) is 29.9 Å². The molecule has 0 N–H and O–H groups in total. The fourth-order valence-corrected chi connectivity index (χ4v) is 5.07. The first kappa shape index (κ1) is 25.5. The molecule has 1 fully saturated rings. The van der Waals surface area contributed by atoms with Crippen molar-refractivity contribution in [3.05, 3.63) is 108 Å². The minimum atomic E-state index is -0.307. The van der Waals surface area contributed by atoms with Gasteiger partial charge in [-0.1, -0.05) is 72.8 Å². The van der Waals surface area contributed by atoms with E-state index in [9.17, 15) is 5.26 Å². The molecule has 1 aliphatic heterocycles. The number of nitrogens with zero attached hydrogens (tertiary/aromatic N) is 3. The second-order valence-corrected chi connectivity index (χ2v) is 10.1. The van der Waals surface area contributed by atoms with E-state index in [0.717, 1.165) is 22.2 Å². The summed E-state index contributed by atoms with van der Waals surface area (Å²) in [4.78, 5) is 5.00.